The molecule has 0 atom stereocenters. The zero-order valence-corrected chi connectivity index (χ0v) is 4.85. The molecule has 0 aliphatic heterocycles. The van der Waals surface area contributed by atoms with E-state index in [2.05, 4.69) is 0 Å². The van der Waals surface area contributed by atoms with Gasteiger partial charge in [-0.15, -0.1) is 0 Å². The van der Waals surface area contributed by atoms with Crippen molar-refractivity contribution in [3.8, 4) is 6.07 Å². The van der Waals surface area contributed by atoms with Gasteiger partial charge in [-0.05, 0) is 12.8 Å². The molecule has 1 aliphatic rings. The van der Waals surface area contributed by atoms with Gasteiger partial charge in [0.2, 0.25) is 0 Å². The average molecular weight is 125 g/mol. The lowest BCUT2D eigenvalue weighted by molar-refractivity contribution is -0.124. The second-order valence-electron chi connectivity index (χ2n) is 2.17. The Morgan fingerprint density at radius 3 is 2.44 bits per heavy atom. The molecule has 0 aromatic heterocycles. The normalized spacial score (nSPS) is 20.0. The maximum atomic E-state index is 10.7. The van der Waals surface area contributed by atoms with Crippen LogP contribution in [-0.4, -0.2) is 5.91 Å². The van der Waals surface area contributed by atoms with Crippen molar-refractivity contribution in [2.45, 2.75) is 12.8 Å². The standard InChI is InChI=1S/C5H7N3O/c6-3-5(1-2-5)4(9)8-7/h1-2,7H2,(H,8,9). The summed E-state index contributed by atoms with van der Waals surface area (Å²) in [6.07, 6.45) is 1.29. The van der Waals surface area contributed by atoms with Gasteiger partial charge in [-0.25, -0.2) is 5.84 Å². The molecular weight excluding hydrogens is 118 g/mol. The molecule has 0 bridgehead atoms. The van der Waals surface area contributed by atoms with E-state index in [0.717, 1.165) is 0 Å². The first-order valence-corrected chi connectivity index (χ1v) is 2.67. The van der Waals surface area contributed by atoms with Gasteiger partial charge < -0.3 is 0 Å². The van der Waals surface area contributed by atoms with E-state index >= 15 is 0 Å². The van der Waals surface area contributed by atoms with Crippen LogP contribution in [0.2, 0.25) is 0 Å². The van der Waals surface area contributed by atoms with Crippen LogP contribution in [0.1, 0.15) is 12.8 Å². The van der Waals surface area contributed by atoms with Crippen LogP contribution in [0.15, 0.2) is 0 Å². The third kappa shape index (κ3) is 0.752. The number of hydrazine groups is 1. The van der Waals surface area contributed by atoms with Crippen LogP contribution in [0.4, 0.5) is 0 Å². The van der Waals surface area contributed by atoms with E-state index < -0.39 is 5.41 Å². The minimum Gasteiger partial charge on any atom is -0.293 e. The summed E-state index contributed by atoms with van der Waals surface area (Å²) in [6, 6.07) is 1.91. The third-order valence-electron chi connectivity index (χ3n) is 1.53. The average Bonchev–Trinajstić information content (AvgIpc) is 2.66. The second-order valence-corrected chi connectivity index (χ2v) is 2.17. The Balaban J connectivity index is 2.63. The molecule has 48 valence electrons. The van der Waals surface area contributed by atoms with Crippen molar-refractivity contribution in [2.75, 3.05) is 0 Å². The fraction of sp³-hybridized carbons (Fsp3) is 0.600. The Hall–Kier alpha value is -1.08. The van der Waals surface area contributed by atoms with Crippen molar-refractivity contribution >= 4 is 5.91 Å². The molecule has 0 unspecified atom stereocenters. The summed E-state index contributed by atoms with van der Waals surface area (Å²) in [5, 5.41) is 8.39. The SMILES string of the molecule is N#CC1(C(=O)NN)CC1. The predicted molar refractivity (Wildman–Crippen MR) is 29.6 cm³/mol. The number of carbonyl (C=O) groups excluding carboxylic acids is 1. The molecule has 0 aromatic carbocycles. The van der Waals surface area contributed by atoms with E-state index in [9.17, 15) is 4.79 Å². The van der Waals surface area contributed by atoms with Crippen molar-refractivity contribution in [2.24, 2.45) is 11.3 Å². The highest BCUT2D eigenvalue weighted by Gasteiger charge is 2.50. The maximum Gasteiger partial charge on any atom is 0.254 e. The van der Waals surface area contributed by atoms with Crippen LogP contribution < -0.4 is 11.3 Å². The molecule has 1 saturated carbocycles. The van der Waals surface area contributed by atoms with Crippen molar-refractivity contribution in [3.05, 3.63) is 0 Å². The number of nitrogens with one attached hydrogen (secondary N) is 1. The molecule has 1 fully saturated rings. The molecule has 0 aromatic rings. The molecule has 0 spiro atoms. The summed E-state index contributed by atoms with van der Waals surface area (Å²) in [6.45, 7) is 0. The number of nitrogens with zero attached hydrogens (tertiary/aromatic N) is 1. The number of hydrogen-bond donors (Lipinski definition) is 2. The quantitative estimate of drug-likeness (QED) is 0.276. The van der Waals surface area contributed by atoms with E-state index in [0.29, 0.717) is 12.8 Å². The van der Waals surface area contributed by atoms with Crippen molar-refractivity contribution in [1.29, 1.82) is 5.26 Å². The summed E-state index contributed by atoms with van der Waals surface area (Å²) >= 11 is 0. The lowest BCUT2D eigenvalue weighted by Gasteiger charge is -1.99. The molecule has 3 N–H and O–H groups in total. The molecular formula is C5H7N3O. The predicted octanol–water partition coefficient (Wildman–Crippen LogP) is -0.720. The van der Waals surface area contributed by atoms with Crippen LogP contribution in [0, 0.1) is 16.7 Å². The second kappa shape index (κ2) is 1.71. The molecule has 0 radical (unpaired) electrons. The van der Waals surface area contributed by atoms with Gasteiger partial charge in [-0.2, -0.15) is 5.26 Å². The number of nitriles is 1. The smallest absolute Gasteiger partial charge is 0.254 e. The topological polar surface area (TPSA) is 78.9 Å². The number of carbonyl (C=O) groups is 1. The van der Waals surface area contributed by atoms with Gasteiger partial charge in [0.05, 0.1) is 6.07 Å². The number of amides is 1. The van der Waals surface area contributed by atoms with Gasteiger partial charge in [-0.3, -0.25) is 10.2 Å². The minimum atomic E-state index is -0.769. The molecule has 4 nitrogen and oxygen atoms in total. The molecule has 1 amide bonds. The summed E-state index contributed by atoms with van der Waals surface area (Å²) in [4.78, 5) is 10.7. The van der Waals surface area contributed by atoms with Gasteiger partial charge in [0.1, 0.15) is 5.41 Å². The molecule has 0 heterocycles. The van der Waals surface area contributed by atoms with Crippen molar-refractivity contribution < 1.29 is 4.79 Å². The summed E-state index contributed by atoms with van der Waals surface area (Å²) in [5.74, 6) is 4.47. The number of rotatable bonds is 1. The van der Waals surface area contributed by atoms with E-state index in [-0.39, 0.29) is 5.91 Å². The van der Waals surface area contributed by atoms with Gasteiger partial charge in [0, 0.05) is 0 Å². The largest absolute Gasteiger partial charge is 0.293 e. The van der Waals surface area contributed by atoms with Gasteiger partial charge >= 0.3 is 0 Å². The van der Waals surface area contributed by atoms with E-state index in [1.165, 1.54) is 0 Å². The third-order valence-corrected chi connectivity index (χ3v) is 1.53. The highest BCUT2D eigenvalue weighted by Crippen LogP contribution is 2.44. The highest BCUT2D eigenvalue weighted by molar-refractivity contribution is 5.87. The fourth-order valence-corrected chi connectivity index (χ4v) is 0.653. The first kappa shape index (κ1) is 6.05. The summed E-state index contributed by atoms with van der Waals surface area (Å²) < 4.78 is 0. The van der Waals surface area contributed by atoms with E-state index in [4.69, 9.17) is 11.1 Å². The van der Waals surface area contributed by atoms with Gasteiger partial charge in [0.25, 0.3) is 5.91 Å². The number of nitrogens with two attached hydrogens (primary N) is 1. The van der Waals surface area contributed by atoms with Crippen LogP contribution in [0.25, 0.3) is 0 Å². The van der Waals surface area contributed by atoms with Crippen molar-refractivity contribution in [3.63, 3.8) is 0 Å². The molecule has 4 heteroatoms. The molecule has 1 aliphatic carbocycles. The Bertz CT molecular complexity index is 177. The lowest BCUT2D eigenvalue weighted by Crippen LogP contribution is -2.36. The Kier molecular flexibility index (Phi) is 1.15. The zero-order valence-electron chi connectivity index (χ0n) is 4.85. The van der Waals surface area contributed by atoms with Gasteiger partial charge in [-0.1, -0.05) is 0 Å². The fourth-order valence-electron chi connectivity index (χ4n) is 0.653. The zero-order chi connectivity index (χ0) is 6.91. The summed E-state index contributed by atoms with van der Waals surface area (Å²) in [5.41, 5.74) is 1.19. The molecule has 0 saturated heterocycles. The summed E-state index contributed by atoms with van der Waals surface area (Å²) in [7, 11) is 0. The maximum absolute atomic E-state index is 10.7. The van der Waals surface area contributed by atoms with E-state index in [1.807, 2.05) is 11.5 Å². The van der Waals surface area contributed by atoms with Crippen LogP contribution in [0.3, 0.4) is 0 Å². The van der Waals surface area contributed by atoms with E-state index in [1.54, 1.807) is 0 Å². The minimum absolute atomic E-state index is 0.356. The van der Waals surface area contributed by atoms with Crippen LogP contribution in [-0.2, 0) is 4.79 Å². The Labute approximate surface area is 52.6 Å². The van der Waals surface area contributed by atoms with Gasteiger partial charge in [0.15, 0.2) is 0 Å². The lowest BCUT2D eigenvalue weighted by atomic mass is 10.1. The van der Waals surface area contributed by atoms with Crippen LogP contribution in [0.5, 0.6) is 0 Å². The monoisotopic (exact) mass is 125 g/mol. The first-order chi connectivity index (χ1) is 4.25. The molecule has 1 rings (SSSR count). The first-order valence-electron chi connectivity index (χ1n) is 2.67. The van der Waals surface area contributed by atoms with Crippen molar-refractivity contribution in [1.82, 2.24) is 5.43 Å². The Morgan fingerprint density at radius 2 is 2.33 bits per heavy atom. The Morgan fingerprint density at radius 1 is 1.78 bits per heavy atom. The highest BCUT2D eigenvalue weighted by atomic mass is 16.2. The van der Waals surface area contributed by atoms with Crippen LogP contribution >= 0.6 is 0 Å². The molecule has 9 heavy (non-hydrogen) atoms. The number of hydrogen-bond acceptors (Lipinski definition) is 3.